The van der Waals surface area contributed by atoms with Gasteiger partial charge in [0.1, 0.15) is 30.0 Å². The number of nitrogens with zero attached hydrogens (tertiary/aromatic N) is 1. The average molecular weight is 639 g/mol. The minimum absolute atomic E-state index is 0.0767. The number of rotatable bonds is 14. The molecule has 10 heteroatoms. The van der Waals surface area contributed by atoms with Crippen LogP contribution in [0.1, 0.15) is 26.4 Å². The summed E-state index contributed by atoms with van der Waals surface area (Å²) < 4.78 is 26.0. The fourth-order valence-electron chi connectivity index (χ4n) is 4.60. The molecule has 0 aliphatic heterocycles. The predicted molar refractivity (Wildman–Crippen MR) is 174 cm³/mol. The van der Waals surface area contributed by atoms with Gasteiger partial charge in [0.2, 0.25) is 0 Å². The van der Waals surface area contributed by atoms with Gasteiger partial charge in [-0.2, -0.15) is 0 Å². The Balaban J connectivity index is 1.15. The van der Waals surface area contributed by atoms with Crippen LogP contribution in [-0.4, -0.2) is 35.5 Å². The van der Waals surface area contributed by atoms with Crippen molar-refractivity contribution in [3.63, 3.8) is 0 Å². The van der Waals surface area contributed by atoms with Crippen molar-refractivity contribution >= 4 is 34.8 Å². The molecule has 2 N–H and O–H groups in total. The maximum atomic E-state index is 14.6. The molecule has 8 nitrogen and oxygen atoms in total. The van der Waals surface area contributed by atoms with E-state index >= 15 is 0 Å². The van der Waals surface area contributed by atoms with E-state index in [0.29, 0.717) is 18.1 Å². The smallest absolute Gasteiger partial charge is 0.326 e. The van der Waals surface area contributed by atoms with Crippen LogP contribution in [0.5, 0.6) is 11.5 Å². The van der Waals surface area contributed by atoms with Gasteiger partial charge < -0.3 is 24.8 Å². The second kappa shape index (κ2) is 15.5. The quantitative estimate of drug-likeness (QED) is 0.144. The number of carbonyl (C=O) groups is 3. The number of nitrogens with one attached hydrogen (secondary N) is 1. The summed E-state index contributed by atoms with van der Waals surface area (Å²) >= 11 is 1.46. The van der Waals surface area contributed by atoms with Crippen LogP contribution >= 0.6 is 11.3 Å². The lowest BCUT2D eigenvalue weighted by Gasteiger charge is -2.23. The zero-order valence-corrected chi connectivity index (χ0v) is 25.5. The number of halogens is 1. The van der Waals surface area contributed by atoms with Crippen LogP contribution in [0.3, 0.4) is 0 Å². The zero-order valence-electron chi connectivity index (χ0n) is 24.7. The number of benzene rings is 4. The standard InChI is InChI=1S/C36H31FN2O6S/c37-31-10-4-5-11-33(31)39(22-30-9-6-20-46-30)34(40)24-45-29-18-14-27(15-19-29)35(41)38-32(36(42)43)21-25-12-16-28(17-13-25)44-23-26-7-2-1-3-8-26/h1-20,32H,21-24H2,(H,38,41)(H,42,43). The van der Waals surface area contributed by atoms with Crippen LogP contribution in [0.4, 0.5) is 10.1 Å². The fraction of sp³-hybridized carbons (Fsp3) is 0.139. The number of carbonyl (C=O) groups excluding carboxylic acids is 2. The third-order valence-corrected chi connectivity index (χ3v) is 7.89. The van der Waals surface area contributed by atoms with Crippen LogP contribution in [0.15, 0.2) is 121 Å². The minimum Gasteiger partial charge on any atom is -0.489 e. The highest BCUT2D eigenvalue weighted by Gasteiger charge is 2.22. The molecule has 0 aliphatic carbocycles. The number of carboxylic acid groups (broad SMARTS) is 1. The third-order valence-electron chi connectivity index (χ3n) is 7.03. The van der Waals surface area contributed by atoms with Crippen LogP contribution in [0.2, 0.25) is 0 Å². The summed E-state index contributed by atoms with van der Waals surface area (Å²) in [5.41, 5.74) is 2.12. The molecule has 0 aliphatic rings. The van der Waals surface area contributed by atoms with Crippen LogP contribution in [-0.2, 0) is 29.2 Å². The van der Waals surface area contributed by atoms with E-state index < -0.39 is 29.6 Å². The maximum absolute atomic E-state index is 14.6. The summed E-state index contributed by atoms with van der Waals surface area (Å²) in [4.78, 5) is 40.2. The number of ether oxygens (including phenoxy) is 2. The number of carboxylic acids is 1. The fourth-order valence-corrected chi connectivity index (χ4v) is 5.29. The molecule has 4 aromatic carbocycles. The first kappa shape index (κ1) is 31.9. The van der Waals surface area contributed by atoms with E-state index in [2.05, 4.69) is 5.32 Å². The highest BCUT2D eigenvalue weighted by atomic mass is 32.1. The van der Waals surface area contributed by atoms with Crippen molar-refractivity contribution in [1.29, 1.82) is 0 Å². The van der Waals surface area contributed by atoms with Crippen LogP contribution in [0, 0.1) is 5.82 Å². The number of hydrogen-bond acceptors (Lipinski definition) is 6. The zero-order chi connectivity index (χ0) is 32.3. The van der Waals surface area contributed by atoms with Crippen molar-refractivity contribution in [2.75, 3.05) is 11.5 Å². The first-order valence-electron chi connectivity index (χ1n) is 14.4. The number of aliphatic carboxylic acids is 1. The second-order valence-corrected chi connectivity index (χ2v) is 11.3. The molecule has 0 saturated heterocycles. The number of para-hydroxylation sites is 1. The number of thiophene rings is 1. The Morgan fingerprint density at radius 1 is 0.783 bits per heavy atom. The van der Waals surface area contributed by atoms with Gasteiger partial charge in [0.05, 0.1) is 12.2 Å². The van der Waals surface area contributed by atoms with E-state index in [1.54, 1.807) is 36.4 Å². The summed E-state index contributed by atoms with van der Waals surface area (Å²) in [7, 11) is 0. The monoisotopic (exact) mass is 638 g/mol. The molecule has 0 spiro atoms. The molecule has 1 unspecified atom stereocenters. The summed E-state index contributed by atoms with van der Waals surface area (Å²) in [6, 6.07) is 31.4. The van der Waals surface area contributed by atoms with Crippen molar-refractivity contribution in [1.82, 2.24) is 5.32 Å². The number of anilines is 1. The van der Waals surface area contributed by atoms with Gasteiger partial charge in [-0.15, -0.1) is 11.3 Å². The van der Waals surface area contributed by atoms with Gasteiger partial charge in [-0.25, -0.2) is 9.18 Å². The Kier molecular flexibility index (Phi) is 10.8. The summed E-state index contributed by atoms with van der Waals surface area (Å²) in [5.74, 6) is -1.74. The van der Waals surface area contributed by atoms with Crippen molar-refractivity contribution in [3.05, 3.63) is 148 Å². The molecule has 0 fully saturated rings. The largest absolute Gasteiger partial charge is 0.489 e. The average Bonchev–Trinajstić information content (AvgIpc) is 3.60. The Labute approximate surface area is 269 Å². The van der Waals surface area contributed by atoms with Crippen molar-refractivity contribution in [2.24, 2.45) is 0 Å². The minimum atomic E-state index is -1.17. The number of amides is 2. The normalized spacial score (nSPS) is 11.3. The van der Waals surface area contributed by atoms with Crippen LogP contribution < -0.4 is 19.7 Å². The Bertz CT molecular complexity index is 1750. The lowest BCUT2D eigenvalue weighted by Crippen LogP contribution is -2.42. The maximum Gasteiger partial charge on any atom is 0.326 e. The molecular formula is C36H31FN2O6S. The molecule has 46 heavy (non-hydrogen) atoms. The van der Waals surface area contributed by atoms with Gasteiger partial charge in [0.25, 0.3) is 11.8 Å². The molecule has 1 aromatic heterocycles. The summed E-state index contributed by atoms with van der Waals surface area (Å²) in [6.45, 7) is 0.245. The van der Waals surface area contributed by atoms with Gasteiger partial charge >= 0.3 is 5.97 Å². The van der Waals surface area contributed by atoms with Gasteiger partial charge in [0.15, 0.2) is 6.61 Å². The topological polar surface area (TPSA) is 105 Å². The third kappa shape index (κ3) is 8.80. The van der Waals surface area contributed by atoms with Crippen molar-refractivity contribution in [3.8, 4) is 11.5 Å². The highest BCUT2D eigenvalue weighted by Crippen LogP contribution is 2.24. The predicted octanol–water partition coefficient (Wildman–Crippen LogP) is 6.50. The van der Waals surface area contributed by atoms with Gasteiger partial charge in [-0.1, -0.05) is 60.7 Å². The highest BCUT2D eigenvalue weighted by molar-refractivity contribution is 7.09. The van der Waals surface area contributed by atoms with Crippen molar-refractivity contribution in [2.45, 2.75) is 25.6 Å². The first-order valence-corrected chi connectivity index (χ1v) is 15.3. The molecule has 0 bridgehead atoms. The SMILES string of the molecule is O=C(NC(Cc1ccc(OCc2ccccc2)cc1)C(=O)O)c1ccc(OCC(=O)N(Cc2cccs2)c2ccccc2F)cc1. The lowest BCUT2D eigenvalue weighted by atomic mass is 10.1. The second-order valence-electron chi connectivity index (χ2n) is 10.3. The number of hydrogen-bond donors (Lipinski definition) is 2. The Hall–Kier alpha value is -5.48. The van der Waals surface area contributed by atoms with E-state index in [1.165, 1.54) is 52.6 Å². The van der Waals surface area contributed by atoms with E-state index in [-0.39, 0.29) is 30.8 Å². The first-order chi connectivity index (χ1) is 22.4. The van der Waals surface area contributed by atoms with E-state index in [0.717, 1.165) is 16.0 Å². The van der Waals surface area contributed by atoms with E-state index in [4.69, 9.17) is 9.47 Å². The lowest BCUT2D eigenvalue weighted by molar-refractivity contribution is -0.139. The summed E-state index contributed by atoms with van der Waals surface area (Å²) in [6.07, 6.45) is 0.0767. The molecular weight excluding hydrogens is 607 g/mol. The molecule has 234 valence electrons. The molecule has 0 radical (unpaired) electrons. The molecule has 5 rings (SSSR count). The van der Waals surface area contributed by atoms with Gasteiger partial charge in [-0.05, 0) is 71.1 Å². The van der Waals surface area contributed by atoms with Gasteiger partial charge in [-0.3, -0.25) is 9.59 Å². The van der Waals surface area contributed by atoms with Crippen molar-refractivity contribution < 1.29 is 33.4 Å². The molecule has 5 aromatic rings. The molecule has 1 atom stereocenters. The Morgan fingerprint density at radius 3 is 2.13 bits per heavy atom. The molecule has 1 heterocycles. The van der Waals surface area contributed by atoms with E-state index in [9.17, 15) is 23.9 Å². The molecule has 0 saturated carbocycles. The van der Waals surface area contributed by atoms with E-state index in [1.807, 2.05) is 47.8 Å². The summed E-state index contributed by atoms with van der Waals surface area (Å²) in [5, 5.41) is 14.2. The molecule has 2 amide bonds. The van der Waals surface area contributed by atoms with Gasteiger partial charge in [0, 0.05) is 16.9 Å². The van der Waals surface area contributed by atoms with Crippen LogP contribution in [0.25, 0.3) is 0 Å². The Morgan fingerprint density at radius 2 is 1.46 bits per heavy atom.